The largest absolute Gasteiger partial charge is 0.331 e. The predicted molar refractivity (Wildman–Crippen MR) is 49.5 cm³/mol. The van der Waals surface area contributed by atoms with Crippen molar-refractivity contribution in [3.63, 3.8) is 0 Å². The van der Waals surface area contributed by atoms with Gasteiger partial charge in [-0.05, 0) is 22.0 Å². The van der Waals surface area contributed by atoms with E-state index in [2.05, 4.69) is 30.9 Å². The Morgan fingerprint density at radius 3 is 2.85 bits per heavy atom. The quantitative estimate of drug-likeness (QED) is 0.833. The molecular formula is C8H5BrFN3. The summed E-state index contributed by atoms with van der Waals surface area (Å²) in [6.07, 6.45) is 3.00. The van der Waals surface area contributed by atoms with Crippen molar-refractivity contribution in [2.24, 2.45) is 0 Å². The molecule has 13 heavy (non-hydrogen) atoms. The van der Waals surface area contributed by atoms with Gasteiger partial charge in [-0.25, -0.2) is 9.37 Å². The topological polar surface area (TPSA) is 41.6 Å². The van der Waals surface area contributed by atoms with Gasteiger partial charge in [0.05, 0.1) is 6.20 Å². The molecule has 0 aromatic carbocycles. The number of aromatic amines is 1. The second kappa shape index (κ2) is 3.26. The highest BCUT2D eigenvalue weighted by molar-refractivity contribution is 9.10. The maximum absolute atomic E-state index is 12.8. The van der Waals surface area contributed by atoms with Crippen molar-refractivity contribution in [2.75, 3.05) is 0 Å². The van der Waals surface area contributed by atoms with Crippen LogP contribution in [0, 0.1) is 5.82 Å². The Kier molecular flexibility index (Phi) is 2.10. The molecule has 3 nitrogen and oxygen atoms in total. The minimum atomic E-state index is -0.322. The number of rotatable bonds is 1. The molecule has 0 atom stereocenters. The van der Waals surface area contributed by atoms with Crippen LogP contribution in [0.3, 0.4) is 0 Å². The van der Waals surface area contributed by atoms with Gasteiger partial charge in [0.15, 0.2) is 5.82 Å². The van der Waals surface area contributed by atoms with E-state index in [0.29, 0.717) is 11.5 Å². The highest BCUT2D eigenvalue weighted by Crippen LogP contribution is 2.15. The van der Waals surface area contributed by atoms with Gasteiger partial charge in [-0.3, -0.25) is 4.98 Å². The van der Waals surface area contributed by atoms with E-state index in [1.165, 1.54) is 18.3 Å². The SMILES string of the molecule is Fc1ccnc(-c2ncc(Br)[nH]2)c1. The summed E-state index contributed by atoms with van der Waals surface area (Å²) in [6, 6.07) is 2.62. The van der Waals surface area contributed by atoms with E-state index in [0.717, 1.165) is 4.60 Å². The maximum atomic E-state index is 12.8. The van der Waals surface area contributed by atoms with Crippen LogP contribution in [0.1, 0.15) is 0 Å². The molecule has 0 aliphatic carbocycles. The summed E-state index contributed by atoms with van der Waals surface area (Å²) in [4.78, 5) is 10.9. The summed E-state index contributed by atoms with van der Waals surface area (Å²) in [5.41, 5.74) is 0.491. The van der Waals surface area contributed by atoms with E-state index < -0.39 is 0 Å². The first-order chi connectivity index (χ1) is 6.25. The molecular weight excluding hydrogens is 237 g/mol. The van der Waals surface area contributed by atoms with Crippen molar-refractivity contribution in [3.8, 4) is 11.5 Å². The summed E-state index contributed by atoms with van der Waals surface area (Å²) in [5.74, 6) is 0.226. The van der Waals surface area contributed by atoms with Gasteiger partial charge in [-0.15, -0.1) is 0 Å². The number of halogens is 2. The number of H-pyrrole nitrogens is 1. The van der Waals surface area contributed by atoms with Crippen LogP contribution in [0.5, 0.6) is 0 Å². The summed E-state index contributed by atoms with van der Waals surface area (Å²) >= 11 is 3.21. The summed E-state index contributed by atoms with van der Waals surface area (Å²) in [7, 11) is 0. The Hall–Kier alpha value is -1.23. The van der Waals surface area contributed by atoms with Crippen molar-refractivity contribution in [3.05, 3.63) is 34.9 Å². The first kappa shape index (κ1) is 8.37. The zero-order chi connectivity index (χ0) is 9.26. The lowest BCUT2D eigenvalue weighted by atomic mass is 10.3. The third-order valence-electron chi connectivity index (χ3n) is 1.51. The molecule has 5 heteroatoms. The molecule has 0 saturated carbocycles. The minimum Gasteiger partial charge on any atom is -0.331 e. The molecule has 2 aromatic rings. The second-order valence-corrected chi connectivity index (χ2v) is 3.29. The van der Waals surface area contributed by atoms with Gasteiger partial charge in [-0.2, -0.15) is 0 Å². The molecule has 2 aromatic heterocycles. The highest BCUT2D eigenvalue weighted by Gasteiger charge is 2.03. The van der Waals surface area contributed by atoms with Crippen LogP contribution >= 0.6 is 15.9 Å². The molecule has 2 rings (SSSR count). The Bertz CT molecular complexity index is 427. The average Bonchev–Trinajstić information content (AvgIpc) is 2.52. The maximum Gasteiger partial charge on any atom is 0.156 e. The fraction of sp³-hybridized carbons (Fsp3) is 0. The van der Waals surface area contributed by atoms with Crippen LogP contribution in [0.15, 0.2) is 29.1 Å². The molecule has 0 aliphatic heterocycles. The zero-order valence-electron chi connectivity index (χ0n) is 6.46. The molecule has 0 radical (unpaired) electrons. The molecule has 1 N–H and O–H groups in total. The number of nitrogens with one attached hydrogen (secondary N) is 1. The third kappa shape index (κ3) is 1.75. The molecule has 2 heterocycles. The Balaban J connectivity index is 2.46. The highest BCUT2D eigenvalue weighted by atomic mass is 79.9. The summed E-state index contributed by atoms with van der Waals surface area (Å²) in [6.45, 7) is 0. The first-order valence-corrected chi connectivity index (χ1v) is 4.37. The van der Waals surface area contributed by atoms with E-state index in [1.807, 2.05) is 0 Å². The minimum absolute atomic E-state index is 0.322. The van der Waals surface area contributed by atoms with Crippen LogP contribution in [0.25, 0.3) is 11.5 Å². The summed E-state index contributed by atoms with van der Waals surface area (Å²) < 4.78 is 13.5. The van der Waals surface area contributed by atoms with Gasteiger partial charge < -0.3 is 4.98 Å². The molecule has 0 spiro atoms. The monoisotopic (exact) mass is 241 g/mol. The molecule has 0 saturated heterocycles. The smallest absolute Gasteiger partial charge is 0.156 e. The number of hydrogen-bond donors (Lipinski definition) is 1. The molecule has 0 fully saturated rings. The van der Waals surface area contributed by atoms with Crippen molar-refractivity contribution in [2.45, 2.75) is 0 Å². The first-order valence-electron chi connectivity index (χ1n) is 3.58. The van der Waals surface area contributed by atoms with Crippen molar-refractivity contribution in [1.29, 1.82) is 0 Å². The van der Waals surface area contributed by atoms with Crippen LogP contribution in [-0.4, -0.2) is 15.0 Å². The van der Waals surface area contributed by atoms with Gasteiger partial charge in [0.2, 0.25) is 0 Å². The Morgan fingerprint density at radius 1 is 1.38 bits per heavy atom. The standard InChI is InChI=1S/C8H5BrFN3/c9-7-4-12-8(13-7)6-3-5(10)1-2-11-6/h1-4H,(H,12,13). The van der Waals surface area contributed by atoms with Crippen molar-refractivity contribution >= 4 is 15.9 Å². The van der Waals surface area contributed by atoms with E-state index in [9.17, 15) is 4.39 Å². The lowest BCUT2D eigenvalue weighted by molar-refractivity contribution is 0.626. The number of nitrogens with zero attached hydrogens (tertiary/aromatic N) is 2. The van der Waals surface area contributed by atoms with Gasteiger partial charge in [0.25, 0.3) is 0 Å². The van der Waals surface area contributed by atoms with E-state index in [-0.39, 0.29) is 5.82 Å². The van der Waals surface area contributed by atoms with Crippen LogP contribution in [-0.2, 0) is 0 Å². The molecule has 66 valence electrons. The van der Waals surface area contributed by atoms with Crippen LogP contribution in [0.2, 0.25) is 0 Å². The molecule has 0 bridgehead atoms. The van der Waals surface area contributed by atoms with Gasteiger partial charge in [-0.1, -0.05) is 0 Å². The molecule has 0 unspecified atom stereocenters. The number of aromatic nitrogens is 3. The third-order valence-corrected chi connectivity index (χ3v) is 1.91. The summed E-state index contributed by atoms with van der Waals surface area (Å²) in [5, 5.41) is 0. The lowest BCUT2D eigenvalue weighted by Crippen LogP contribution is -1.86. The zero-order valence-corrected chi connectivity index (χ0v) is 8.05. The normalized spacial score (nSPS) is 10.3. The fourth-order valence-electron chi connectivity index (χ4n) is 0.963. The van der Waals surface area contributed by atoms with Gasteiger partial charge >= 0.3 is 0 Å². The number of pyridine rings is 1. The van der Waals surface area contributed by atoms with Crippen molar-refractivity contribution in [1.82, 2.24) is 15.0 Å². The Labute approximate surface area is 82.2 Å². The van der Waals surface area contributed by atoms with Gasteiger partial charge in [0, 0.05) is 12.3 Å². The van der Waals surface area contributed by atoms with E-state index in [1.54, 1.807) is 6.20 Å². The van der Waals surface area contributed by atoms with E-state index >= 15 is 0 Å². The average molecular weight is 242 g/mol. The van der Waals surface area contributed by atoms with Crippen LogP contribution in [0.4, 0.5) is 4.39 Å². The molecule has 0 amide bonds. The second-order valence-electron chi connectivity index (χ2n) is 2.44. The van der Waals surface area contributed by atoms with Crippen LogP contribution < -0.4 is 0 Å². The Morgan fingerprint density at radius 2 is 2.23 bits per heavy atom. The van der Waals surface area contributed by atoms with Crippen molar-refractivity contribution < 1.29 is 4.39 Å². The number of imidazole rings is 1. The lowest BCUT2D eigenvalue weighted by Gasteiger charge is -1.94. The fourth-order valence-corrected chi connectivity index (χ4v) is 1.25. The van der Waals surface area contributed by atoms with E-state index in [4.69, 9.17) is 0 Å². The number of hydrogen-bond acceptors (Lipinski definition) is 2. The predicted octanol–water partition coefficient (Wildman–Crippen LogP) is 2.37. The van der Waals surface area contributed by atoms with Gasteiger partial charge in [0.1, 0.15) is 16.1 Å². The molecule has 0 aliphatic rings.